The van der Waals surface area contributed by atoms with E-state index in [-0.39, 0.29) is 26.2 Å². The number of carbonyl (C=O) groups is 3. The number of ether oxygens (including phenoxy) is 2. The molecular weight excluding hydrogens is 428 g/mol. The van der Waals surface area contributed by atoms with Crippen LogP contribution >= 0.6 is 0 Å². The number of methoxy groups -OCH3 is 2. The van der Waals surface area contributed by atoms with Crippen molar-refractivity contribution in [3.63, 3.8) is 0 Å². The minimum absolute atomic E-state index is 0.166. The van der Waals surface area contributed by atoms with E-state index >= 15 is 0 Å². The number of nitrogens with zero attached hydrogens (tertiary/aromatic N) is 2. The zero-order valence-electron chi connectivity index (χ0n) is 18.2. The van der Waals surface area contributed by atoms with Gasteiger partial charge >= 0.3 is 0 Å². The van der Waals surface area contributed by atoms with E-state index in [0.29, 0.717) is 11.5 Å². The van der Waals surface area contributed by atoms with E-state index in [1.165, 1.54) is 33.1 Å². The predicted molar refractivity (Wildman–Crippen MR) is 112 cm³/mol. The molecule has 1 aromatic rings. The van der Waals surface area contributed by atoms with Crippen LogP contribution in [0, 0.1) is 0 Å². The average Bonchev–Trinajstić information content (AvgIpc) is 2.72. The number of benzene rings is 1. The van der Waals surface area contributed by atoms with Crippen molar-refractivity contribution in [1.29, 1.82) is 0 Å². The number of piperazine rings is 1. The van der Waals surface area contributed by atoms with E-state index < -0.39 is 33.3 Å². The third kappa shape index (κ3) is 5.64. The first-order valence-electron chi connectivity index (χ1n) is 9.40. The number of rotatable bonds is 8. The molecule has 0 saturated carbocycles. The summed E-state index contributed by atoms with van der Waals surface area (Å²) in [6.07, 6.45) is 0.977. The summed E-state index contributed by atoms with van der Waals surface area (Å²) in [5, 5.41) is 5.15. The second-order valence-electron chi connectivity index (χ2n) is 7.39. The number of carbonyl (C=O) groups excluding carboxylic acids is 3. The van der Waals surface area contributed by atoms with E-state index in [1.807, 2.05) is 0 Å². The molecule has 0 aliphatic carbocycles. The van der Waals surface area contributed by atoms with Gasteiger partial charge in [-0.1, -0.05) is 0 Å². The van der Waals surface area contributed by atoms with Gasteiger partial charge in [0.15, 0.2) is 0 Å². The molecule has 3 amide bonds. The normalized spacial score (nSPS) is 19.6. The lowest BCUT2D eigenvalue weighted by atomic mass is 9.96. The topological polar surface area (TPSA) is 134 Å². The van der Waals surface area contributed by atoms with Crippen LogP contribution in [0.5, 0.6) is 11.5 Å². The van der Waals surface area contributed by atoms with Crippen LogP contribution in [-0.2, 0) is 31.0 Å². The Bertz CT molecular complexity index is 966. The first-order valence-corrected chi connectivity index (χ1v) is 11.2. The number of hydrogen-bond donors (Lipinski definition) is 2. The summed E-state index contributed by atoms with van der Waals surface area (Å²) < 4.78 is 35.1. The Kier molecular flexibility index (Phi) is 7.49. The van der Waals surface area contributed by atoms with Crippen molar-refractivity contribution in [2.24, 2.45) is 0 Å². The SMILES string of the molecule is COc1ccc(CNC(=O)CNC(=O)C2(C)CN(S(C)(=O)=O)CC(=O)N2C)c(OC)c1. The summed E-state index contributed by atoms with van der Waals surface area (Å²) >= 11 is 0. The van der Waals surface area contributed by atoms with Crippen LogP contribution < -0.4 is 20.1 Å². The Morgan fingerprint density at radius 2 is 1.87 bits per heavy atom. The predicted octanol–water partition coefficient (Wildman–Crippen LogP) is -1.07. The summed E-state index contributed by atoms with van der Waals surface area (Å²) in [4.78, 5) is 38.4. The Hall–Kier alpha value is -2.86. The highest BCUT2D eigenvalue weighted by Gasteiger charge is 2.47. The molecule has 172 valence electrons. The van der Waals surface area contributed by atoms with Crippen molar-refractivity contribution < 1.29 is 32.3 Å². The molecule has 1 aliphatic rings. The third-order valence-electron chi connectivity index (χ3n) is 5.25. The fourth-order valence-electron chi connectivity index (χ4n) is 3.10. The zero-order valence-corrected chi connectivity index (χ0v) is 19.0. The summed E-state index contributed by atoms with van der Waals surface area (Å²) in [6.45, 7) is 0.748. The second-order valence-corrected chi connectivity index (χ2v) is 9.38. The van der Waals surface area contributed by atoms with Crippen LogP contribution in [0.3, 0.4) is 0 Å². The molecule has 0 aromatic heterocycles. The fourth-order valence-corrected chi connectivity index (χ4v) is 3.93. The molecule has 1 unspecified atom stereocenters. The molecule has 1 aromatic carbocycles. The molecule has 31 heavy (non-hydrogen) atoms. The van der Waals surface area contributed by atoms with Gasteiger partial charge in [-0.15, -0.1) is 0 Å². The van der Waals surface area contributed by atoms with Crippen molar-refractivity contribution >= 4 is 27.7 Å². The monoisotopic (exact) mass is 456 g/mol. The standard InChI is InChI=1S/C19H28N4O7S/c1-19(12-23(31(5,27)28)11-17(25)22(19)2)18(26)21-10-16(24)20-9-13-6-7-14(29-3)8-15(13)30-4/h6-8H,9-12H2,1-5H3,(H,20,24)(H,21,26). The van der Waals surface area contributed by atoms with Crippen LogP contribution in [0.4, 0.5) is 0 Å². The van der Waals surface area contributed by atoms with Crippen molar-refractivity contribution in [2.75, 3.05) is 47.2 Å². The Balaban J connectivity index is 1.98. The Morgan fingerprint density at radius 3 is 2.45 bits per heavy atom. The van der Waals surface area contributed by atoms with E-state index in [0.717, 1.165) is 16.1 Å². The number of amides is 3. The second kappa shape index (κ2) is 9.52. The van der Waals surface area contributed by atoms with Gasteiger partial charge in [0.2, 0.25) is 27.7 Å². The van der Waals surface area contributed by atoms with Crippen LogP contribution in [0.2, 0.25) is 0 Å². The van der Waals surface area contributed by atoms with E-state index in [2.05, 4.69) is 10.6 Å². The molecule has 1 atom stereocenters. The van der Waals surface area contributed by atoms with Gasteiger partial charge in [-0.3, -0.25) is 14.4 Å². The average molecular weight is 457 g/mol. The quantitative estimate of drug-likeness (QED) is 0.509. The lowest BCUT2D eigenvalue weighted by molar-refractivity contribution is -0.150. The molecule has 1 heterocycles. The maximum absolute atomic E-state index is 12.8. The molecule has 0 spiro atoms. The molecular formula is C19H28N4O7S. The van der Waals surface area contributed by atoms with Gasteiger partial charge in [-0.05, 0) is 19.1 Å². The molecule has 2 N–H and O–H groups in total. The highest BCUT2D eigenvalue weighted by atomic mass is 32.2. The fraction of sp³-hybridized carbons (Fsp3) is 0.526. The molecule has 11 nitrogen and oxygen atoms in total. The summed E-state index contributed by atoms with van der Waals surface area (Å²) in [5.74, 6) is -0.444. The number of sulfonamides is 1. The lowest BCUT2D eigenvalue weighted by Gasteiger charge is -2.44. The van der Waals surface area contributed by atoms with Crippen molar-refractivity contribution in [3.8, 4) is 11.5 Å². The van der Waals surface area contributed by atoms with Crippen molar-refractivity contribution in [3.05, 3.63) is 23.8 Å². The maximum Gasteiger partial charge on any atom is 0.247 e. The van der Waals surface area contributed by atoms with Crippen LogP contribution in [0.25, 0.3) is 0 Å². The summed E-state index contributed by atoms with van der Waals surface area (Å²) in [5.41, 5.74) is -0.728. The summed E-state index contributed by atoms with van der Waals surface area (Å²) in [7, 11) is 0.801. The molecule has 1 saturated heterocycles. The first-order chi connectivity index (χ1) is 14.4. The van der Waals surface area contributed by atoms with Gasteiger partial charge in [0.1, 0.15) is 17.0 Å². The van der Waals surface area contributed by atoms with Gasteiger partial charge in [0, 0.05) is 31.8 Å². The van der Waals surface area contributed by atoms with Crippen molar-refractivity contribution in [2.45, 2.75) is 19.0 Å². The molecule has 1 fully saturated rings. The molecule has 0 bridgehead atoms. The maximum atomic E-state index is 12.8. The van der Waals surface area contributed by atoms with Crippen molar-refractivity contribution in [1.82, 2.24) is 19.8 Å². The van der Waals surface area contributed by atoms with Crippen LogP contribution in [0.1, 0.15) is 12.5 Å². The van der Waals surface area contributed by atoms with Gasteiger partial charge in [0.05, 0.1) is 33.6 Å². The minimum atomic E-state index is -3.66. The smallest absolute Gasteiger partial charge is 0.247 e. The van der Waals surface area contributed by atoms with Gasteiger partial charge in [-0.25, -0.2) is 8.42 Å². The van der Waals surface area contributed by atoms with Crippen LogP contribution in [-0.4, -0.2) is 88.0 Å². The molecule has 12 heteroatoms. The minimum Gasteiger partial charge on any atom is -0.497 e. The Morgan fingerprint density at radius 1 is 1.19 bits per heavy atom. The lowest BCUT2D eigenvalue weighted by Crippen LogP contribution is -2.68. The van der Waals surface area contributed by atoms with Gasteiger partial charge < -0.3 is 25.0 Å². The van der Waals surface area contributed by atoms with Gasteiger partial charge in [-0.2, -0.15) is 4.31 Å². The molecule has 0 radical (unpaired) electrons. The van der Waals surface area contributed by atoms with Crippen LogP contribution in [0.15, 0.2) is 18.2 Å². The van der Waals surface area contributed by atoms with Gasteiger partial charge in [0.25, 0.3) is 0 Å². The largest absolute Gasteiger partial charge is 0.497 e. The number of hydrogen-bond acceptors (Lipinski definition) is 7. The summed E-state index contributed by atoms with van der Waals surface area (Å²) in [6, 6.07) is 5.17. The zero-order chi connectivity index (χ0) is 23.4. The third-order valence-corrected chi connectivity index (χ3v) is 6.44. The number of nitrogens with one attached hydrogen (secondary N) is 2. The Labute approximate surface area is 181 Å². The number of likely N-dealkylation sites (N-methyl/N-ethyl adjacent to an activating group) is 1. The highest BCUT2D eigenvalue weighted by molar-refractivity contribution is 7.88. The highest BCUT2D eigenvalue weighted by Crippen LogP contribution is 2.24. The van der Waals surface area contributed by atoms with E-state index in [9.17, 15) is 22.8 Å². The van der Waals surface area contributed by atoms with E-state index in [1.54, 1.807) is 18.2 Å². The van der Waals surface area contributed by atoms with E-state index in [4.69, 9.17) is 9.47 Å². The molecule has 2 rings (SSSR count). The molecule has 1 aliphatic heterocycles. The first kappa shape index (κ1) is 24.4.